The van der Waals surface area contributed by atoms with E-state index in [4.69, 9.17) is 4.74 Å². The number of carboxylic acids is 1. The van der Waals surface area contributed by atoms with Crippen molar-refractivity contribution in [2.24, 2.45) is 5.92 Å². The molecule has 1 aromatic carbocycles. The van der Waals surface area contributed by atoms with E-state index in [0.717, 1.165) is 10.0 Å². The van der Waals surface area contributed by atoms with E-state index in [0.29, 0.717) is 6.42 Å². The van der Waals surface area contributed by atoms with Crippen molar-refractivity contribution >= 4 is 21.9 Å². The minimum atomic E-state index is -0.899. The molecule has 0 aliphatic rings. The summed E-state index contributed by atoms with van der Waals surface area (Å²) in [4.78, 5) is 11.3. The van der Waals surface area contributed by atoms with Gasteiger partial charge in [0, 0.05) is 4.47 Å². The SMILES string of the molecule is CC(C)OCC(O)CC(Cc1ccccc1Br)C(=O)O. The molecule has 0 radical (unpaired) electrons. The van der Waals surface area contributed by atoms with E-state index >= 15 is 0 Å². The molecule has 2 N–H and O–H groups in total. The molecule has 20 heavy (non-hydrogen) atoms. The first-order chi connectivity index (χ1) is 9.40. The van der Waals surface area contributed by atoms with E-state index in [-0.39, 0.29) is 19.1 Å². The zero-order valence-corrected chi connectivity index (χ0v) is 13.3. The third-order valence-electron chi connectivity index (χ3n) is 2.95. The van der Waals surface area contributed by atoms with Crippen molar-refractivity contribution in [3.8, 4) is 0 Å². The molecule has 2 atom stereocenters. The lowest BCUT2D eigenvalue weighted by Crippen LogP contribution is -2.27. The number of aliphatic hydroxyl groups is 1. The van der Waals surface area contributed by atoms with Gasteiger partial charge in [0.2, 0.25) is 0 Å². The van der Waals surface area contributed by atoms with Gasteiger partial charge in [0.15, 0.2) is 0 Å². The molecule has 0 saturated carbocycles. The quantitative estimate of drug-likeness (QED) is 0.760. The fraction of sp³-hybridized carbons (Fsp3) is 0.533. The average molecular weight is 345 g/mol. The number of halogens is 1. The summed E-state index contributed by atoms with van der Waals surface area (Å²) in [7, 11) is 0. The zero-order chi connectivity index (χ0) is 15.1. The highest BCUT2D eigenvalue weighted by atomic mass is 79.9. The predicted octanol–water partition coefficient (Wildman–Crippen LogP) is 2.87. The number of hydrogen-bond donors (Lipinski definition) is 2. The van der Waals surface area contributed by atoms with Crippen LogP contribution in [0.4, 0.5) is 0 Å². The van der Waals surface area contributed by atoms with Crippen LogP contribution in [-0.2, 0) is 16.0 Å². The largest absolute Gasteiger partial charge is 0.481 e. The lowest BCUT2D eigenvalue weighted by molar-refractivity contribution is -0.143. The summed E-state index contributed by atoms with van der Waals surface area (Å²) in [5.74, 6) is -1.52. The standard InChI is InChI=1S/C15H21BrO4/c1-10(2)20-9-13(17)8-12(15(18)19)7-11-5-3-4-6-14(11)16/h3-6,10,12-13,17H,7-9H2,1-2H3,(H,18,19). The van der Waals surface area contributed by atoms with Crippen LogP contribution in [0.3, 0.4) is 0 Å². The highest BCUT2D eigenvalue weighted by Gasteiger charge is 2.23. The Balaban J connectivity index is 2.61. The maximum Gasteiger partial charge on any atom is 0.306 e. The fourth-order valence-corrected chi connectivity index (χ4v) is 2.35. The van der Waals surface area contributed by atoms with Crippen molar-refractivity contribution in [3.05, 3.63) is 34.3 Å². The van der Waals surface area contributed by atoms with Crippen molar-refractivity contribution in [2.75, 3.05) is 6.61 Å². The maximum absolute atomic E-state index is 11.3. The molecular weight excluding hydrogens is 324 g/mol. The number of carboxylic acid groups (broad SMARTS) is 1. The normalized spacial score (nSPS) is 14.2. The second-order valence-electron chi connectivity index (χ2n) is 5.10. The van der Waals surface area contributed by atoms with Gasteiger partial charge in [0.05, 0.1) is 24.7 Å². The highest BCUT2D eigenvalue weighted by Crippen LogP contribution is 2.22. The van der Waals surface area contributed by atoms with E-state index in [9.17, 15) is 15.0 Å². The molecule has 0 aliphatic carbocycles. The van der Waals surface area contributed by atoms with Crippen LogP contribution < -0.4 is 0 Å². The summed E-state index contributed by atoms with van der Waals surface area (Å²) < 4.78 is 6.19. The topological polar surface area (TPSA) is 66.8 Å². The molecule has 2 unspecified atom stereocenters. The van der Waals surface area contributed by atoms with Gasteiger partial charge in [-0.15, -0.1) is 0 Å². The van der Waals surface area contributed by atoms with Crippen LogP contribution in [0.2, 0.25) is 0 Å². The van der Waals surface area contributed by atoms with Crippen LogP contribution in [0.5, 0.6) is 0 Å². The average Bonchev–Trinajstić information content (AvgIpc) is 2.38. The highest BCUT2D eigenvalue weighted by molar-refractivity contribution is 9.10. The lowest BCUT2D eigenvalue weighted by atomic mass is 9.94. The number of rotatable bonds is 8. The molecule has 1 rings (SSSR count). The monoisotopic (exact) mass is 344 g/mol. The Kier molecular flexibility index (Phi) is 7.19. The number of benzene rings is 1. The molecule has 0 aliphatic heterocycles. The molecule has 0 saturated heterocycles. The Hall–Kier alpha value is -0.910. The zero-order valence-electron chi connectivity index (χ0n) is 11.8. The van der Waals surface area contributed by atoms with E-state index < -0.39 is 18.0 Å². The number of aliphatic carboxylic acids is 1. The first-order valence-electron chi connectivity index (χ1n) is 6.66. The smallest absolute Gasteiger partial charge is 0.306 e. The van der Waals surface area contributed by atoms with Crippen molar-refractivity contribution in [1.82, 2.24) is 0 Å². The van der Waals surface area contributed by atoms with Crippen LogP contribution in [0.25, 0.3) is 0 Å². The lowest BCUT2D eigenvalue weighted by Gasteiger charge is -2.18. The van der Waals surface area contributed by atoms with E-state index in [1.807, 2.05) is 38.1 Å². The molecule has 0 spiro atoms. The van der Waals surface area contributed by atoms with Gasteiger partial charge in [0.1, 0.15) is 0 Å². The molecule has 1 aromatic rings. The summed E-state index contributed by atoms with van der Waals surface area (Å²) in [6.45, 7) is 3.92. The van der Waals surface area contributed by atoms with Crippen LogP contribution in [0.1, 0.15) is 25.8 Å². The molecule has 4 nitrogen and oxygen atoms in total. The molecular formula is C15H21BrO4. The Morgan fingerprint density at radius 1 is 1.35 bits per heavy atom. The molecule has 0 heterocycles. The van der Waals surface area contributed by atoms with Crippen molar-refractivity contribution < 1.29 is 19.7 Å². The summed E-state index contributed by atoms with van der Waals surface area (Å²) in [6.07, 6.45) is -0.170. The maximum atomic E-state index is 11.3. The summed E-state index contributed by atoms with van der Waals surface area (Å²) in [5.41, 5.74) is 0.928. The minimum Gasteiger partial charge on any atom is -0.481 e. The Bertz CT molecular complexity index is 434. The number of aliphatic hydroxyl groups excluding tert-OH is 1. The Morgan fingerprint density at radius 3 is 2.55 bits per heavy atom. The van der Waals surface area contributed by atoms with Gasteiger partial charge in [-0.05, 0) is 38.3 Å². The van der Waals surface area contributed by atoms with Gasteiger partial charge in [-0.25, -0.2) is 0 Å². The van der Waals surface area contributed by atoms with Crippen molar-refractivity contribution in [1.29, 1.82) is 0 Å². The number of carbonyl (C=O) groups is 1. The van der Waals surface area contributed by atoms with E-state index in [2.05, 4.69) is 15.9 Å². The van der Waals surface area contributed by atoms with Gasteiger partial charge >= 0.3 is 5.97 Å². The van der Waals surface area contributed by atoms with Crippen LogP contribution in [0.15, 0.2) is 28.7 Å². The van der Waals surface area contributed by atoms with Gasteiger partial charge in [-0.3, -0.25) is 4.79 Å². The van der Waals surface area contributed by atoms with Gasteiger partial charge in [0.25, 0.3) is 0 Å². The van der Waals surface area contributed by atoms with Crippen LogP contribution in [0, 0.1) is 5.92 Å². The molecule has 0 bridgehead atoms. The molecule has 0 amide bonds. The molecule has 112 valence electrons. The fourth-order valence-electron chi connectivity index (χ4n) is 1.90. The van der Waals surface area contributed by atoms with Crippen molar-refractivity contribution in [2.45, 2.75) is 38.9 Å². The predicted molar refractivity (Wildman–Crippen MR) is 80.7 cm³/mol. The Morgan fingerprint density at radius 2 is 2.00 bits per heavy atom. The number of ether oxygens (including phenoxy) is 1. The second kappa shape index (κ2) is 8.39. The summed E-state index contributed by atoms with van der Waals surface area (Å²) >= 11 is 3.41. The van der Waals surface area contributed by atoms with Gasteiger partial charge < -0.3 is 14.9 Å². The molecule has 5 heteroatoms. The first-order valence-corrected chi connectivity index (χ1v) is 7.45. The minimum absolute atomic E-state index is 0.0243. The molecule has 0 aromatic heterocycles. The van der Waals surface area contributed by atoms with Gasteiger partial charge in [-0.1, -0.05) is 34.1 Å². The van der Waals surface area contributed by atoms with Crippen LogP contribution in [-0.4, -0.2) is 35.0 Å². The van der Waals surface area contributed by atoms with Crippen molar-refractivity contribution in [3.63, 3.8) is 0 Å². The summed E-state index contributed by atoms with van der Waals surface area (Å²) in [6, 6.07) is 7.52. The van der Waals surface area contributed by atoms with Crippen LogP contribution >= 0.6 is 15.9 Å². The second-order valence-corrected chi connectivity index (χ2v) is 5.96. The number of hydrogen-bond acceptors (Lipinski definition) is 3. The van der Waals surface area contributed by atoms with E-state index in [1.165, 1.54) is 0 Å². The summed E-state index contributed by atoms with van der Waals surface area (Å²) in [5, 5.41) is 19.1. The third-order valence-corrected chi connectivity index (χ3v) is 3.73. The first kappa shape index (κ1) is 17.1. The third kappa shape index (κ3) is 6.03. The van der Waals surface area contributed by atoms with E-state index in [1.54, 1.807) is 0 Å². The van der Waals surface area contributed by atoms with Gasteiger partial charge in [-0.2, -0.15) is 0 Å². The molecule has 0 fully saturated rings. The Labute approximate surface area is 127 Å².